The van der Waals surface area contributed by atoms with Gasteiger partial charge in [-0.2, -0.15) is 9.40 Å². The van der Waals surface area contributed by atoms with Gasteiger partial charge in [0.15, 0.2) is 0 Å². The summed E-state index contributed by atoms with van der Waals surface area (Å²) in [5.41, 5.74) is 0.364. The van der Waals surface area contributed by atoms with Crippen molar-refractivity contribution < 1.29 is 18.0 Å². The molecule has 92 valence electrons. The smallest absolute Gasteiger partial charge is 0.247 e. The molecule has 8 nitrogen and oxygen atoms in total. The van der Waals surface area contributed by atoms with Gasteiger partial charge in [-0.3, -0.25) is 20.0 Å². The molecule has 1 aliphatic heterocycles. The molecule has 0 radical (unpaired) electrons. The van der Waals surface area contributed by atoms with Gasteiger partial charge in [0, 0.05) is 0 Å². The van der Waals surface area contributed by atoms with Crippen LogP contribution in [0.4, 0.5) is 0 Å². The Morgan fingerprint density at radius 3 is 2.35 bits per heavy atom. The fourth-order valence-electron chi connectivity index (χ4n) is 1.52. The second kappa shape index (κ2) is 3.93. The van der Waals surface area contributed by atoms with Gasteiger partial charge in [-0.25, -0.2) is 8.42 Å². The minimum atomic E-state index is -3.86. The Morgan fingerprint density at radius 1 is 1.29 bits per heavy atom. The molecule has 1 aromatic rings. The zero-order valence-electron chi connectivity index (χ0n) is 8.93. The molecule has 2 rings (SSSR count). The number of sulfonamides is 1. The predicted octanol–water partition coefficient (Wildman–Crippen LogP) is -1.63. The Labute approximate surface area is 97.0 Å². The molecule has 0 unspecified atom stereocenters. The van der Waals surface area contributed by atoms with Crippen LogP contribution in [0.5, 0.6) is 0 Å². The lowest BCUT2D eigenvalue weighted by atomic mass is 10.4. The monoisotopic (exact) mass is 258 g/mol. The maximum Gasteiger partial charge on any atom is 0.247 e. The molecule has 17 heavy (non-hydrogen) atoms. The number of imide groups is 1. The van der Waals surface area contributed by atoms with Gasteiger partial charge < -0.3 is 0 Å². The summed E-state index contributed by atoms with van der Waals surface area (Å²) in [5.74, 6) is -1.27. The van der Waals surface area contributed by atoms with E-state index >= 15 is 0 Å². The Kier molecular flexibility index (Phi) is 2.71. The molecule has 0 aliphatic carbocycles. The average Bonchev–Trinajstić information content (AvgIpc) is 2.63. The Hall–Kier alpha value is -1.74. The van der Waals surface area contributed by atoms with Gasteiger partial charge in [-0.15, -0.1) is 0 Å². The first-order valence-corrected chi connectivity index (χ1v) is 6.18. The quantitative estimate of drug-likeness (QED) is 0.618. The number of aromatic nitrogens is 2. The SMILES string of the molecule is Cc1[nH]ncc1S(=O)(=O)N1CC(=O)NC(=O)C1. The summed E-state index contributed by atoms with van der Waals surface area (Å²) in [4.78, 5) is 22.2. The van der Waals surface area contributed by atoms with Gasteiger partial charge in [0.1, 0.15) is 4.90 Å². The van der Waals surface area contributed by atoms with E-state index in [1.165, 1.54) is 0 Å². The lowest BCUT2D eigenvalue weighted by Gasteiger charge is -2.24. The van der Waals surface area contributed by atoms with Gasteiger partial charge >= 0.3 is 0 Å². The first-order valence-electron chi connectivity index (χ1n) is 4.74. The van der Waals surface area contributed by atoms with E-state index in [0.29, 0.717) is 5.69 Å². The number of rotatable bonds is 2. The molecular formula is C8H10N4O4S. The van der Waals surface area contributed by atoms with Crippen LogP contribution >= 0.6 is 0 Å². The molecule has 0 aromatic carbocycles. The number of amides is 2. The fourth-order valence-corrected chi connectivity index (χ4v) is 2.99. The van der Waals surface area contributed by atoms with Crippen molar-refractivity contribution in [3.8, 4) is 0 Å². The predicted molar refractivity (Wildman–Crippen MR) is 55.2 cm³/mol. The summed E-state index contributed by atoms with van der Waals surface area (Å²) in [6.07, 6.45) is 1.15. The van der Waals surface area contributed by atoms with E-state index in [1.54, 1.807) is 6.92 Å². The zero-order valence-corrected chi connectivity index (χ0v) is 9.74. The van der Waals surface area contributed by atoms with E-state index < -0.39 is 21.8 Å². The maximum absolute atomic E-state index is 12.1. The molecule has 2 heterocycles. The minimum absolute atomic E-state index is 0.0278. The molecule has 0 bridgehead atoms. The first-order chi connectivity index (χ1) is 7.91. The van der Waals surface area contributed by atoms with Crippen molar-refractivity contribution in [2.75, 3.05) is 13.1 Å². The maximum atomic E-state index is 12.1. The molecule has 9 heteroatoms. The van der Waals surface area contributed by atoms with E-state index in [9.17, 15) is 18.0 Å². The van der Waals surface area contributed by atoms with Crippen LogP contribution in [0.1, 0.15) is 5.69 Å². The number of nitrogens with zero attached hydrogens (tertiary/aromatic N) is 2. The summed E-state index contributed by atoms with van der Waals surface area (Å²) in [6.45, 7) is 0.823. The first kappa shape index (κ1) is 11.7. The van der Waals surface area contributed by atoms with Crippen LogP contribution in [0.2, 0.25) is 0 Å². The van der Waals surface area contributed by atoms with E-state index in [-0.39, 0.29) is 18.0 Å². The fraction of sp³-hybridized carbons (Fsp3) is 0.375. The van der Waals surface area contributed by atoms with E-state index in [1.807, 2.05) is 5.32 Å². The molecule has 2 N–H and O–H groups in total. The highest BCUT2D eigenvalue weighted by Gasteiger charge is 2.34. The molecule has 2 amide bonds. The van der Waals surface area contributed by atoms with Gasteiger partial charge in [-0.1, -0.05) is 0 Å². The Bertz CT molecular complexity index is 560. The highest BCUT2D eigenvalue weighted by Crippen LogP contribution is 2.18. The number of piperazine rings is 1. The highest BCUT2D eigenvalue weighted by molar-refractivity contribution is 7.89. The van der Waals surface area contributed by atoms with Crippen LogP contribution in [-0.2, 0) is 19.6 Å². The van der Waals surface area contributed by atoms with Crippen molar-refractivity contribution in [2.24, 2.45) is 0 Å². The van der Waals surface area contributed by atoms with Crippen LogP contribution in [0.25, 0.3) is 0 Å². The van der Waals surface area contributed by atoms with Crippen molar-refractivity contribution in [1.29, 1.82) is 0 Å². The molecule has 0 spiro atoms. The third-order valence-corrected chi connectivity index (χ3v) is 4.23. The van der Waals surface area contributed by atoms with Gasteiger partial charge in [-0.05, 0) is 6.92 Å². The molecule has 0 saturated carbocycles. The van der Waals surface area contributed by atoms with E-state index in [2.05, 4.69) is 10.2 Å². The average molecular weight is 258 g/mol. The molecule has 1 saturated heterocycles. The summed E-state index contributed by atoms with van der Waals surface area (Å²) in [7, 11) is -3.86. The van der Waals surface area contributed by atoms with Crippen molar-refractivity contribution in [3.63, 3.8) is 0 Å². The number of hydrogen-bond acceptors (Lipinski definition) is 5. The molecular weight excluding hydrogens is 248 g/mol. The topological polar surface area (TPSA) is 112 Å². The third-order valence-electron chi connectivity index (χ3n) is 2.32. The second-order valence-corrected chi connectivity index (χ2v) is 5.51. The van der Waals surface area contributed by atoms with Crippen molar-refractivity contribution in [2.45, 2.75) is 11.8 Å². The summed E-state index contributed by atoms with van der Waals surface area (Å²) >= 11 is 0. The van der Waals surface area contributed by atoms with E-state index in [0.717, 1.165) is 10.5 Å². The van der Waals surface area contributed by atoms with Crippen molar-refractivity contribution in [3.05, 3.63) is 11.9 Å². The standard InChI is InChI=1S/C8H10N4O4S/c1-5-6(2-9-11-5)17(15,16)12-3-7(13)10-8(14)4-12/h2H,3-4H2,1H3,(H,9,11)(H,10,13,14). The second-order valence-electron chi connectivity index (χ2n) is 3.60. The summed E-state index contributed by atoms with van der Waals surface area (Å²) in [6, 6.07) is 0. The number of nitrogens with one attached hydrogen (secondary N) is 2. The van der Waals surface area contributed by atoms with Gasteiger partial charge in [0.05, 0.1) is 25.0 Å². The van der Waals surface area contributed by atoms with Crippen LogP contribution in [0.15, 0.2) is 11.1 Å². The normalized spacial score (nSPS) is 18.2. The van der Waals surface area contributed by atoms with Crippen LogP contribution in [-0.4, -0.2) is 47.8 Å². The Morgan fingerprint density at radius 2 is 1.88 bits per heavy atom. The largest absolute Gasteiger partial charge is 0.294 e. The Balaban J connectivity index is 2.37. The number of aromatic amines is 1. The molecule has 1 aliphatic rings. The highest BCUT2D eigenvalue weighted by atomic mass is 32.2. The van der Waals surface area contributed by atoms with Crippen LogP contribution in [0, 0.1) is 6.92 Å². The van der Waals surface area contributed by atoms with E-state index in [4.69, 9.17) is 0 Å². The van der Waals surface area contributed by atoms with Gasteiger partial charge in [0.2, 0.25) is 21.8 Å². The van der Waals surface area contributed by atoms with Crippen molar-refractivity contribution in [1.82, 2.24) is 19.8 Å². The number of hydrogen-bond donors (Lipinski definition) is 2. The number of H-pyrrole nitrogens is 1. The number of carbonyl (C=O) groups is 2. The third kappa shape index (κ3) is 2.06. The van der Waals surface area contributed by atoms with Gasteiger partial charge in [0.25, 0.3) is 0 Å². The number of carbonyl (C=O) groups excluding carboxylic acids is 2. The summed E-state index contributed by atoms with van der Waals surface area (Å²) in [5, 5.41) is 8.13. The molecule has 0 atom stereocenters. The zero-order chi connectivity index (χ0) is 12.6. The van der Waals surface area contributed by atoms with Crippen LogP contribution < -0.4 is 5.32 Å². The molecule has 1 fully saturated rings. The summed E-state index contributed by atoms with van der Waals surface area (Å²) < 4.78 is 25.0. The van der Waals surface area contributed by atoms with Crippen LogP contribution in [0.3, 0.4) is 0 Å². The lowest BCUT2D eigenvalue weighted by molar-refractivity contribution is -0.134. The minimum Gasteiger partial charge on any atom is -0.294 e. The van der Waals surface area contributed by atoms with Crippen molar-refractivity contribution >= 4 is 21.8 Å². The molecule has 1 aromatic heterocycles. The lowest BCUT2D eigenvalue weighted by Crippen LogP contribution is -2.53. The number of aryl methyl sites for hydroxylation is 1.